The fourth-order valence-electron chi connectivity index (χ4n) is 4.47. The van der Waals surface area contributed by atoms with Crippen LogP contribution in [0.3, 0.4) is 0 Å². The summed E-state index contributed by atoms with van der Waals surface area (Å²) in [5, 5.41) is 0.728. The first-order chi connectivity index (χ1) is 19.4. The van der Waals surface area contributed by atoms with Gasteiger partial charge in [-0.1, -0.05) is 43.9 Å². The number of para-hydroxylation sites is 1. The van der Waals surface area contributed by atoms with Gasteiger partial charge in [0.25, 0.3) is 15.9 Å². The van der Waals surface area contributed by atoms with Gasteiger partial charge in [-0.2, -0.15) is 0 Å². The highest BCUT2D eigenvalue weighted by Gasteiger charge is 2.24. The summed E-state index contributed by atoms with van der Waals surface area (Å²) in [6.07, 6.45) is 9.12. The molecule has 1 N–H and O–H groups in total. The Morgan fingerprint density at radius 2 is 1.50 bits per heavy atom. The van der Waals surface area contributed by atoms with Crippen LogP contribution >= 0.6 is 0 Å². The third kappa shape index (κ3) is 6.63. The molecule has 1 saturated heterocycles. The number of rotatable bonds is 6. The van der Waals surface area contributed by atoms with E-state index in [9.17, 15) is 17.6 Å². The number of amides is 1. The Morgan fingerprint density at radius 3 is 2.17 bits per heavy atom. The third-order valence-electron chi connectivity index (χ3n) is 7.14. The lowest BCUT2D eigenvalue weighted by molar-refractivity contribution is 0.0625. The molecule has 0 radical (unpaired) electrons. The zero-order valence-electron chi connectivity index (χ0n) is 22.2. The maximum absolute atomic E-state index is 13.9. The first-order valence-electron chi connectivity index (χ1n) is 13.5. The number of sulfonamides is 1. The molecule has 1 aliphatic carbocycles. The number of anilines is 1. The van der Waals surface area contributed by atoms with Crippen molar-refractivity contribution in [2.75, 3.05) is 30.9 Å². The Balaban J connectivity index is 0.000000714. The van der Waals surface area contributed by atoms with Crippen molar-refractivity contribution >= 4 is 32.5 Å². The van der Waals surface area contributed by atoms with Crippen LogP contribution in [0.15, 0.2) is 84.0 Å². The van der Waals surface area contributed by atoms with Gasteiger partial charge in [-0.3, -0.25) is 24.4 Å². The van der Waals surface area contributed by atoms with E-state index in [0.717, 1.165) is 5.39 Å². The highest BCUT2D eigenvalue weighted by atomic mass is 32.2. The van der Waals surface area contributed by atoms with E-state index in [1.165, 1.54) is 37.8 Å². The fraction of sp³-hybridized carbons (Fsp3) is 0.300. The lowest BCUT2D eigenvalue weighted by Crippen LogP contribution is -2.48. The molecule has 40 heavy (non-hydrogen) atoms. The van der Waals surface area contributed by atoms with Crippen LogP contribution in [0.1, 0.15) is 43.2 Å². The van der Waals surface area contributed by atoms with E-state index in [1.807, 2.05) is 0 Å². The number of pyridine rings is 2. The van der Waals surface area contributed by atoms with E-state index in [-0.39, 0.29) is 18.0 Å². The van der Waals surface area contributed by atoms with Gasteiger partial charge in [0.1, 0.15) is 10.7 Å². The number of carbonyl (C=O) groups excluding carboxylic acids is 1. The molecule has 3 heterocycles. The summed E-state index contributed by atoms with van der Waals surface area (Å²) in [6.45, 7) is 2.64. The molecule has 1 saturated carbocycles. The molecule has 0 unspecified atom stereocenters. The summed E-state index contributed by atoms with van der Waals surface area (Å²) >= 11 is 0. The van der Waals surface area contributed by atoms with Gasteiger partial charge in [0.05, 0.1) is 11.2 Å². The number of aromatic nitrogens is 2. The predicted molar refractivity (Wildman–Crippen MR) is 155 cm³/mol. The fourth-order valence-corrected chi connectivity index (χ4v) is 5.71. The van der Waals surface area contributed by atoms with Gasteiger partial charge in [0, 0.05) is 63.2 Å². The lowest BCUT2D eigenvalue weighted by Gasteiger charge is -2.34. The second-order valence-corrected chi connectivity index (χ2v) is 11.6. The zero-order chi connectivity index (χ0) is 28.0. The number of hydrogen-bond acceptors (Lipinski definition) is 6. The van der Waals surface area contributed by atoms with Gasteiger partial charge in [0.15, 0.2) is 0 Å². The van der Waals surface area contributed by atoms with Crippen LogP contribution in [-0.4, -0.2) is 60.3 Å². The van der Waals surface area contributed by atoms with Crippen LogP contribution in [0.25, 0.3) is 10.9 Å². The molecule has 1 aliphatic heterocycles. The molecule has 8 nitrogen and oxygen atoms in total. The summed E-state index contributed by atoms with van der Waals surface area (Å²) in [5.74, 6) is -0.463. The van der Waals surface area contributed by atoms with Gasteiger partial charge in [-0.15, -0.1) is 0 Å². The van der Waals surface area contributed by atoms with Crippen molar-refractivity contribution < 1.29 is 19.0 Å². The number of halogens is 1. The minimum absolute atomic E-state index is 0. The van der Waals surface area contributed by atoms with Crippen LogP contribution in [0.2, 0.25) is 0 Å². The first kappa shape index (κ1) is 27.7. The van der Waals surface area contributed by atoms with Gasteiger partial charge in [0.2, 0.25) is 0 Å². The minimum Gasteiger partial charge on any atom is -0.336 e. The largest absolute Gasteiger partial charge is 0.336 e. The average Bonchev–Trinajstić information content (AvgIpc) is 2.93. The monoisotopic (exact) mass is 563 g/mol. The smallest absolute Gasteiger partial charge is 0.264 e. The van der Waals surface area contributed by atoms with Gasteiger partial charge >= 0.3 is 0 Å². The summed E-state index contributed by atoms with van der Waals surface area (Å²) in [6, 6.07) is 17.9. The summed E-state index contributed by atoms with van der Waals surface area (Å²) in [5.41, 5.74) is 1.61. The number of nitrogens with zero attached hydrogens (tertiary/aromatic N) is 4. The molecular formula is C30H34FN5O3S. The topological polar surface area (TPSA) is 95.5 Å². The van der Waals surface area contributed by atoms with Crippen LogP contribution in [0, 0.1) is 5.82 Å². The molecule has 2 aliphatic rings. The molecule has 0 bridgehead atoms. The van der Waals surface area contributed by atoms with Crippen molar-refractivity contribution in [1.29, 1.82) is 0 Å². The second-order valence-electron chi connectivity index (χ2n) is 9.93. The number of fused-ring (bicyclic) bond motifs is 1. The number of piperazine rings is 1. The normalized spacial score (nSPS) is 15.6. The Bertz CT molecular complexity index is 1570. The SMILES string of the molecule is C1CCC1.O=C(c1ccc(NS(=O)(=O)c2cccc3cccnc23)cc1)N1CCN(Cc2ncccc2F)CC1.[HH]. The Morgan fingerprint density at radius 1 is 0.850 bits per heavy atom. The van der Waals surface area contributed by atoms with E-state index >= 15 is 0 Å². The number of benzene rings is 2. The summed E-state index contributed by atoms with van der Waals surface area (Å²) < 4.78 is 42.5. The van der Waals surface area contributed by atoms with E-state index in [0.29, 0.717) is 55.2 Å². The quantitative estimate of drug-likeness (QED) is 0.341. The van der Waals surface area contributed by atoms with Crippen molar-refractivity contribution in [3.8, 4) is 0 Å². The van der Waals surface area contributed by atoms with Crippen molar-refractivity contribution in [3.05, 3.63) is 96.2 Å². The van der Waals surface area contributed by atoms with Crippen molar-refractivity contribution in [3.63, 3.8) is 0 Å². The molecule has 1 amide bonds. The minimum atomic E-state index is -3.87. The first-order valence-corrected chi connectivity index (χ1v) is 15.0. The zero-order valence-corrected chi connectivity index (χ0v) is 23.0. The Kier molecular flexibility index (Phi) is 8.66. The molecule has 2 aromatic heterocycles. The lowest BCUT2D eigenvalue weighted by atomic mass is 10.0. The maximum atomic E-state index is 13.9. The third-order valence-corrected chi connectivity index (χ3v) is 8.55. The van der Waals surface area contributed by atoms with Gasteiger partial charge in [-0.05, 0) is 48.5 Å². The van der Waals surface area contributed by atoms with E-state index in [2.05, 4.69) is 19.6 Å². The second kappa shape index (κ2) is 12.5. The number of carbonyl (C=O) groups is 1. The highest BCUT2D eigenvalue weighted by molar-refractivity contribution is 7.93. The maximum Gasteiger partial charge on any atom is 0.264 e. The number of hydrogen-bond donors (Lipinski definition) is 1. The summed E-state index contributed by atoms with van der Waals surface area (Å²) in [4.78, 5) is 25.2. The predicted octanol–water partition coefficient (Wildman–Crippen LogP) is 5.33. The van der Waals surface area contributed by atoms with Crippen LogP contribution in [0.4, 0.5) is 10.1 Å². The molecule has 2 fully saturated rings. The molecule has 6 rings (SSSR count). The van der Waals surface area contributed by atoms with Crippen molar-refractivity contribution in [2.24, 2.45) is 0 Å². The van der Waals surface area contributed by atoms with Gasteiger partial charge in [-0.25, -0.2) is 12.8 Å². The molecule has 2 aromatic carbocycles. The van der Waals surface area contributed by atoms with Crippen LogP contribution in [-0.2, 0) is 16.6 Å². The molecular weight excluding hydrogens is 529 g/mol. The Hall–Kier alpha value is -3.89. The van der Waals surface area contributed by atoms with Crippen molar-refractivity contribution in [2.45, 2.75) is 37.1 Å². The van der Waals surface area contributed by atoms with Crippen LogP contribution < -0.4 is 4.72 Å². The van der Waals surface area contributed by atoms with E-state index in [1.54, 1.807) is 71.9 Å². The van der Waals surface area contributed by atoms with Crippen LogP contribution in [0.5, 0.6) is 0 Å². The average molecular weight is 564 g/mol. The standard InChI is InChI=1S/C26H24FN5O3S.C4H8.H2/c27-22-6-3-12-28-23(22)18-31-14-16-32(17-15-31)26(33)20-8-10-21(11-9-20)30-36(34,35)24-7-1-4-19-5-2-13-29-25(19)24;1-2-4-3-1;/h1-13,30H,14-18H2;1-4H2;1H. The molecule has 0 atom stereocenters. The molecule has 10 heteroatoms. The van der Waals surface area contributed by atoms with Gasteiger partial charge < -0.3 is 4.90 Å². The van der Waals surface area contributed by atoms with Crippen molar-refractivity contribution in [1.82, 2.24) is 19.8 Å². The Labute approximate surface area is 235 Å². The molecule has 210 valence electrons. The highest BCUT2D eigenvalue weighted by Crippen LogP contribution is 2.24. The number of nitrogens with one attached hydrogen (secondary N) is 1. The molecule has 4 aromatic rings. The molecule has 0 spiro atoms. The van der Waals surface area contributed by atoms with E-state index < -0.39 is 10.0 Å². The summed E-state index contributed by atoms with van der Waals surface area (Å²) in [7, 11) is -3.87. The van der Waals surface area contributed by atoms with E-state index in [4.69, 9.17) is 0 Å².